The minimum atomic E-state index is -0.631. The molecule has 6 atom stereocenters. The van der Waals surface area contributed by atoms with Gasteiger partial charge in [-0.1, -0.05) is 12.1 Å². The number of likely N-dealkylation sites (tertiary alicyclic amines) is 2. The van der Waals surface area contributed by atoms with Gasteiger partial charge < -0.3 is 24.4 Å². The first-order chi connectivity index (χ1) is 15.1. The second kappa shape index (κ2) is 7.73. The summed E-state index contributed by atoms with van der Waals surface area (Å²) in [6.07, 6.45) is 1.53. The molecule has 0 bridgehead atoms. The Labute approximate surface area is 189 Å². The summed E-state index contributed by atoms with van der Waals surface area (Å²) in [5.41, 5.74) is 1.95. The third-order valence-electron chi connectivity index (χ3n) is 7.93. The van der Waals surface area contributed by atoms with Crippen LogP contribution in [0.1, 0.15) is 57.3 Å². The van der Waals surface area contributed by atoms with Crippen molar-refractivity contribution >= 4 is 11.8 Å². The van der Waals surface area contributed by atoms with Gasteiger partial charge in [0.25, 0.3) is 0 Å². The number of nitrogens with zero attached hydrogens (tertiary/aromatic N) is 2. The minimum absolute atomic E-state index is 0.0102. The molecule has 1 aromatic carbocycles. The van der Waals surface area contributed by atoms with E-state index in [0.717, 1.165) is 24.2 Å². The highest BCUT2D eigenvalue weighted by Gasteiger charge is 2.52. The van der Waals surface area contributed by atoms with Crippen molar-refractivity contribution in [3.8, 4) is 5.75 Å². The third-order valence-corrected chi connectivity index (χ3v) is 7.93. The number of fused-ring (bicyclic) bond motifs is 4. The summed E-state index contributed by atoms with van der Waals surface area (Å²) in [6.45, 7) is 9.29. The lowest BCUT2D eigenvalue weighted by molar-refractivity contribution is -0.189. The van der Waals surface area contributed by atoms with Gasteiger partial charge in [-0.2, -0.15) is 0 Å². The van der Waals surface area contributed by atoms with E-state index in [1.807, 2.05) is 4.90 Å². The lowest BCUT2D eigenvalue weighted by Crippen LogP contribution is -2.57. The molecule has 7 heteroatoms. The number of aliphatic hydroxyl groups is 1. The molecule has 3 fully saturated rings. The maximum Gasteiger partial charge on any atom is 0.245 e. The smallest absolute Gasteiger partial charge is 0.245 e. The van der Waals surface area contributed by atoms with Gasteiger partial charge in [-0.25, -0.2) is 0 Å². The van der Waals surface area contributed by atoms with Crippen LogP contribution in [0.3, 0.4) is 0 Å². The minimum Gasteiger partial charge on any atom is -0.487 e. The molecule has 0 saturated carbocycles. The van der Waals surface area contributed by atoms with E-state index in [2.05, 4.69) is 39.0 Å². The first-order valence-electron chi connectivity index (χ1n) is 11.8. The number of piperidine rings is 1. The number of aliphatic hydroxyl groups excluding tert-OH is 1. The zero-order valence-electron chi connectivity index (χ0n) is 19.4. The van der Waals surface area contributed by atoms with Crippen molar-refractivity contribution in [1.82, 2.24) is 9.80 Å². The quantitative estimate of drug-likeness (QED) is 0.723. The number of carbonyl (C=O) groups is 2. The highest BCUT2D eigenvalue weighted by atomic mass is 16.5. The molecule has 5 rings (SSSR count). The van der Waals surface area contributed by atoms with Crippen molar-refractivity contribution in [3.05, 3.63) is 29.3 Å². The lowest BCUT2D eigenvalue weighted by Gasteiger charge is -2.53. The maximum absolute atomic E-state index is 13.3. The van der Waals surface area contributed by atoms with E-state index < -0.39 is 12.1 Å². The van der Waals surface area contributed by atoms with E-state index in [1.54, 1.807) is 0 Å². The zero-order valence-corrected chi connectivity index (χ0v) is 19.4. The van der Waals surface area contributed by atoms with Crippen molar-refractivity contribution in [1.29, 1.82) is 0 Å². The van der Waals surface area contributed by atoms with Gasteiger partial charge in [0.15, 0.2) is 0 Å². The van der Waals surface area contributed by atoms with Gasteiger partial charge in [-0.15, -0.1) is 0 Å². The van der Waals surface area contributed by atoms with Crippen LogP contribution in [-0.2, 0) is 14.3 Å². The number of aryl methyl sites for hydroxylation is 1. The second-order valence-electron chi connectivity index (χ2n) is 10.6. The fourth-order valence-electron chi connectivity index (χ4n) is 6.22. The van der Waals surface area contributed by atoms with Crippen LogP contribution in [0.15, 0.2) is 18.2 Å². The van der Waals surface area contributed by atoms with Crippen LogP contribution in [0, 0.1) is 18.8 Å². The first-order valence-corrected chi connectivity index (χ1v) is 11.8. The number of ether oxygens (including phenoxy) is 2. The number of benzene rings is 1. The van der Waals surface area contributed by atoms with Crippen LogP contribution in [0.2, 0.25) is 0 Å². The van der Waals surface area contributed by atoms with E-state index in [4.69, 9.17) is 9.47 Å². The highest BCUT2D eigenvalue weighted by molar-refractivity contribution is 5.87. The Bertz CT molecular complexity index is 931. The Hall–Kier alpha value is -2.12. The van der Waals surface area contributed by atoms with Gasteiger partial charge in [-0.05, 0) is 45.2 Å². The molecular weight excluding hydrogens is 408 g/mol. The first kappa shape index (κ1) is 21.7. The molecule has 174 valence electrons. The van der Waals surface area contributed by atoms with Gasteiger partial charge in [0.1, 0.15) is 17.4 Å². The number of carbonyl (C=O) groups excluding carboxylic acids is 2. The number of amides is 2. The Morgan fingerprint density at radius 3 is 2.72 bits per heavy atom. The fraction of sp³-hybridized carbons (Fsp3) is 0.680. The van der Waals surface area contributed by atoms with Gasteiger partial charge in [-0.3, -0.25) is 9.59 Å². The van der Waals surface area contributed by atoms with Crippen molar-refractivity contribution in [2.24, 2.45) is 11.8 Å². The molecule has 4 aliphatic heterocycles. The number of hydrogen-bond acceptors (Lipinski definition) is 5. The summed E-state index contributed by atoms with van der Waals surface area (Å²) in [7, 11) is 0. The van der Waals surface area contributed by atoms with Crippen LogP contribution >= 0.6 is 0 Å². The van der Waals surface area contributed by atoms with E-state index in [-0.39, 0.29) is 48.0 Å². The molecule has 7 nitrogen and oxygen atoms in total. The van der Waals surface area contributed by atoms with Gasteiger partial charge in [0, 0.05) is 50.4 Å². The largest absolute Gasteiger partial charge is 0.487 e. The molecule has 1 N–H and O–H groups in total. The molecule has 3 saturated heterocycles. The number of β-amino-alcohol motifs (C(OH)–C–C–N with tert-alkyl or cyclic N) is 1. The van der Waals surface area contributed by atoms with Gasteiger partial charge >= 0.3 is 0 Å². The monoisotopic (exact) mass is 442 g/mol. The number of hydrogen-bond donors (Lipinski definition) is 1. The van der Waals surface area contributed by atoms with Crippen LogP contribution in [-0.4, -0.2) is 70.2 Å². The Morgan fingerprint density at radius 2 is 1.97 bits per heavy atom. The summed E-state index contributed by atoms with van der Waals surface area (Å²) in [4.78, 5) is 28.7. The molecular formula is C25H34N2O5. The summed E-state index contributed by atoms with van der Waals surface area (Å²) in [5.74, 6) is 1.16. The highest BCUT2D eigenvalue weighted by Crippen LogP contribution is 2.53. The van der Waals surface area contributed by atoms with E-state index in [1.165, 1.54) is 17.4 Å². The molecule has 0 radical (unpaired) electrons. The summed E-state index contributed by atoms with van der Waals surface area (Å²) >= 11 is 0. The normalized spacial score (nSPS) is 35.4. The molecule has 2 amide bonds. The Morgan fingerprint density at radius 1 is 1.19 bits per heavy atom. The molecule has 0 aromatic heterocycles. The van der Waals surface area contributed by atoms with Crippen molar-refractivity contribution in [2.45, 2.75) is 76.9 Å². The average molecular weight is 443 g/mol. The van der Waals surface area contributed by atoms with Crippen molar-refractivity contribution < 1.29 is 24.2 Å². The molecule has 0 spiro atoms. The molecule has 4 aliphatic rings. The molecule has 0 aliphatic carbocycles. The third kappa shape index (κ3) is 3.59. The predicted molar refractivity (Wildman–Crippen MR) is 118 cm³/mol. The molecule has 4 heterocycles. The summed E-state index contributed by atoms with van der Waals surface area (Å²) in [5, 5.41) is 10.0. The predicted octanol–water partition coefficient (Wildman–Crippen LogP) is 2.44. The van der Waals surface area contributed by atoms with Crippen molar-refractivity contribution in [3.63, 3.8) is 0 Å². The topological polar surface area (TPSA) is 79.3 Å². The standard InChI is InChI=1S/C25H34N2O5/c1-14-5-6-18-22(9-14)32-25(3,4)19-10-16-12-26(8-7-21(16)31-23(18)19)24(30)20-11-17(29)13-27(20)15(2)28/h5-6,9,16-17,19-21,23,29H,7-8,10-13H2,1-4H3/t16-,17+,19+,20-,21+,23-/m0/s1. The molecule has 1 aromatic rings. The van der Waals surface area contributed by atoms with Gasteiger partial charge in [0.2, 0.25) is 11.8 Å². The fourth-order valence-corrected chi connectivity index (χ4v) is 6.22. The second-order valence-corrected chi connectivity index (χ2v) is 10.6. The van der Waals surface area contributed by atoms with Crippen LogP contribution in [0.5, 0.6) is 5.75 Å². The maximum atomic E-state index is 13.3. The van der Waals surface area contributed by atoms with Crippen LogP contribution in [0.4, 0.5) is 0 Å². The summed E-state index contributed by atoms with van der Waals surface area (Å²) < 4.78 is 13.1. The number of rotatable bonds is 1. The summed E-state index contributed by atoms with van der Waals surface area (Å²) in [6, 6.07) is 5.80. The van der Waals surface area contributed by atoms with Crippen LogP contribution in [0.25, 0.3) is 0 Å². The van der Waals surface area contributed by atoms with Gasteiger partial charge in [0.05, 0.1) is 18.3 Å². The molecule has 0 unspecified atom stereocenters. The Kier molecular flexibility index (Phi) is 5.25. The van der Waals surface area contributed by atoms with E-state index in [0.29, 0.717) is 19.5 Å². The Balaban J connectivity index is 1.34. The van der Waals surface area contributed by atoms with Crippen LogP contribution < -0.4 is 4.74 Å². The van der Waals surface area contributed by atoms with Crippen molar-refractivity contribution in [2.75, 3.05) is 19.6 Å². The average Bonchev–Trinajstić information content (AvgIpc) is 3.13. The van der Waals surface area contributed by atoms with E-state index >= 15 is 0 Å². The lowest BCUT2D eigenvalue weighted by atomic mass is 9.70. The SMILES string of the molecule is CC(=O)N1C[C@H](O)C[C@H]1C(=O)N1CC[C@H]2O[C@H]3c4ccc(C)cc4OC(C)(C)[C@@H]3C[C@H]2C1. The zero-order chi connectivity index (χ0) is 22.8. The van der Waals surface area contributed by atoms with E-state index in [9.17, 15) is 14.7 Å². The molecule has 32 heavy (non-hydrogen) atoms.